The molecule has 0 amide bonds. The van der Waals surface area contributed by atoms with Gasteiger partial charge in [-0.2, -0.15) is 0 Å². The van der Waals surface area contributed by atoms with Crippen LogP contribution >= 0.6 is 11.8 Å². The zero-order valence-electron chi connectivity index (χ0n) is 14.1. The van der Waals surface area contributed by atoms with Crippen LogP contribution in [-0.2, 0) is 0 Å². The Bertz CT molecular complexity index is 566. The zero-order valence-corrected chi connectivity index (χ0v) is 15.9. The van der Waals surface area contributed by atoms with Gasteiger partial charge >= 0.3 is 0 Å². The molecule has 1 N–H and O–H groups in total. The maximum Gasteiger partial charge on any atom is 0.0809 e. The van der Waals surface area contributed by atoms with Gasteiger partial charge in [-0.3, -0.25) is 0 Å². The first-order valence-corrected chi connectivity index (χ1v) is 12.4. The highest BCUT2D eigenvalue weighted by molar-refractivity contribution is 7.98. The highest BCUT2D eigenvalue weighted by Gasteiger charge is 2.25. The summed E-state index contributed by atoms with van der Waals surface area (Å²) in [5.41, 5.74) is 1.23. The molecule has 3 heteroatoms. The summed E-state index contributed by atoms with van der Waals surface area (Å²) in [5, 5.41) is 5.14. The standard InChI is InChI=1S/C19H27NSSi/c1-16(14-20-17-10-12-18(21-2)13-11-17)15-22(3,4)19-8-6-5-7-9-19/h5-13,16,20H,14-15H2,1-4H3. The molecule has 0 radical (unpaired) electrons. The van der Waals surface area contributed by atoms with Crippen LogP contribution in [0.15, 0.2) is 59.5 Å². The summed E-state index contributed by atoms with van der Waals surface area (Å²) >= 11 is 1.79. The first kappa shape index (κ1) is 17.2. The van der Waals surface area contributed by atoms with Crippen molar-refractivity contribution in [3.8, 4) is 0 Å². The lowest BCUT2D eigenvalue weighted by atomic mass is 10.2. The third kappa shape index (κ3) is 4.92. The molecule has 0 aliphatic rings. The van der Waals surface area contributed by atoms with E-state index in [2.05, 4.69) is 86.2 Å². The highest BCUT2D eigenvalue weighted by Crippen LogP contribution is 2.20. The van der Waals surface area contributed by atoms with E-state index in [0.717, 1.165) is 6.54 Å². The van der Waals surface area contributed by atoms with Gasteiger partial charge in [0.2, 0.25) is 0 Å². The first-order chi connectivity index (χ1) is 10.5. The van der Waals surface area contributed by atoms with Crippen molar-refractivity contribution in [3.63, 3.8) is 0 Å². The molecule has 1 unspecified atom stereocenters. The highest BCUT2D eigenvalue weighted by atomic mass is 32.2. The average molecular weight is 330 g/mol. The van der Waals surface area contributed by atoms with Crippen molar-refractivity contribution >= 4 is 30.7 Å². The second kappa shape index (κ2) is 7.89. The summed E-state index contributed by atoms with van der Waals surface area (Å²) < 4.78 is 0. The molecular weight excluding hydrogens is 302 g/mol. The number of nitrogens with one attached hydrogen (secondary N) is 1. The van der Waals surface area contributed by atoms with Gasteiger partial charge in [0.25, 0.3) is 0 Å². The normalized spacial score (nSPS) is 12.9. The number of hydrogen-bond acceptors (Lipinski definition) is 2. The maximum absolute atomic E-state index is 3.58. The summed E-state index contributed by atoms with van der Waals surface area (Å²) in [6.45, 7) is 8.36. The van der Waals surface area contributed by atoms with E-state index in [4.69, 9.17) is 0 Å². The van der Waals surface area contributed by atoms with E-state index in [9.17, 15) is 0 Å². The Morgan fingerprint density at radius 2 is 1.64 bits per heavy atom. The second-order valence-corrected chi connectivity index (χ2v) is 12.3. The quantitative estimate of drug-likeness (QED) is 0.562. The fourth-order valence-corrected chi connectivity index (χ4v) is 6.58. The van der Waals surface area contributed by atoms with E-state index in [1.54, 1.807) is 16.9 Å². The Hall–Kier alpha value is -1.19. The van der Waals surface area contributed by atoms with Gasteiger partial charge in [-0.05, 0) is 42.5 Å². The van der Waals surface area contributed by atoms with E-state index in [1.165, 1.54) is 16.6 Å². The summed E-state index contributed by atoms with van der Waals surface area (Å²) in [5.74, 6) is 0.682. The van der Waals surface area contributed by atoms with E-state index < -0.39 is 8.07 Å². The van der Waals surface area contributed by atoms with Crippen LogP contribution in [0.2, 0.25) is 19.1 Å². The molecule has 0 saturated carbocycles. The third-order valence-corrected chi connectivity index (χ3v) is 8.52. The SMILES string of the molecule is CSc1ccc(NCC(C)C[Si](C)(C)c2ccccc2)cc1. The fourth-order valence-electron chi connectivity index (χ4n) is 2.95. The van der Waals surface area contributed by atoms with Crippen LogP contribution in [0.25, 0.3) is 0 Å². The Balaban J connectivity index is 1.88. The van der Waals surface area contributed by atoms with E-state index in [-0.39, 0.29) is 0 Å². The lowest BCUT2D eigenvalue weighted by Gasteiger charge is -2.27. The first-order valence-electron chi connectivity index (χ1n) is 7.95. The fraction of sp³-hybridized carbons (Fsp3) is 0.368. The van der Waals surface area contributed by atoms with E-state index in [1.807, 2.05) is 0 Å². The van der Waals surface area contributed by atoms with E-state index in [0.29, 0.717) is 5.92 Å². The third-order valence-electron chi connectivity index (χ3n) is 4.16. The average Bonchev–Trinajstić information content (AvgIpc) is 2.54. The van der Waals surface area contributed by atoms with Gasteiger partial charge in [0.05, 0.1) is 8.07 Å². The van der Waals surface area contributed by atoms with Crippen LogP contribution in [-0.4, -0.2) is 20.9 Å². The van der Waals surface area contributed by atoms with Crippen molar-refractivity contribution in [1.29, 1.82) is 0 Å². The van der Waals surface area contributed by atoms with Gasteiger partial charge in [0, 0.05) is 17.1 Å². The predicted molar refractivity (Wildman–Crippen MR) is 104 cm³/mol. The summed E-state index contributed by atoms with van der Waals surface area (Å²) in [6.07, 6.45) is 2.11. The lowest BCUT2D eigenvalue weighted by Crippen LogP contribution is -2.43. The molecule has 2 aromatic rings. The molecule has 0 aromatic heterocycles. The van der Waals surface area contributed by atoms with Gasteiger partial charge in [0.1, 0.15) is 0 Å². The topological polar surface area (TPSA) is 12.0 Å². The molecule has 22 heavy (non-hydrogen) atoms. The van der Waals surface area contributed by atoms with Crippen LogP contribution in [0, 0.1) is 5.92 Å². The lowest BCUT2D eigenvalue weighted by molar-refractivity contribution is 0.677. The number of hydrogen-bond donors (Lipinski definition) is 1. The van der Waals surface area contributed by atoms with Crippen molar-refractivity contribution in [1.82, 2.24) is 0 Å². The Kier molecular flexibility index (Phi) is 6.15. The minimum Gasteiger partial charge on any atom is -0.385 e. The smallest absolute Gasteiger partial charge is 0.0809 e. The van der Waals surface area contributed by atoms with Crippen molar-refractivity contribution in [3.05, 3.63) is 54.6 Å². The summed E-state index contributed by atoms with van der Waals surface area (Å²) in [7, 11) is -1.34. The molecule has 0 fully saturated rings. The summed E-state index contributed by atoms with van der Waals surface area (Å²) in [4.78, 5) is 1.32. The van der Waals surface area contributed by atoms with Crippen molar-refractivity contribution < 1.29 is 0 Å². The minimum atomic E-state index is -1.34. The van der Waals surface area contributed by atoms with Crippen molar-refractivity contribution in [2.45, 2.75) is 31.0 Å². The Morgan fingerprint density at radius 1 is 1.00 bits per heavy atom. The number of rotatable bonds is 7. The molecule has 1 atom stereocenters. The van der Waals surface area contributed by atoms with Crippen molar-refractivity contribution in [2.24, 2.45) is 5.92 Å². The van der Waals surface area contributed by atoms with Crippen LogP contribution in [0.3, 0.4) is 0 Å². The molecule has 0 aliphatic heterocycles. The monoisotopic (exact) mass is 329 g/mol. The molecule has 0 bridgehead atoms. The molecule has 0 heterocycles. The van der Waals surface area contributed by atoms with E-state index >= 15 is 0 Å². The molecule has 2 rings (SSSR count). The maximum atomic E-state index is 3.58. The van der Waals surface area contributed by atoms with Gasteiger partial charge in [0.15, 0.2) is 0 Å². The van der Waals surface area contributed by atoms with Crippen LogP contribution in [0.1, 0.15) is 6.92 Å². The van der Waals surface area contributed by atoms with Crippen molar-refractivity contribution in [2.75, 3.05) is 18.1 Å². The summed E-state index contributed by atoms with van der Waals surface area (Å²) in [6, 6.07) is 21.1. The number of thioether (sulfide) groups is 1. The molecule has 2 aromatic carbocycles. The Morgan fingerprint density at radius 3 is 2.23 bits per heavy atom. The van der Waals surface area contributed by atoms with Gasteiger partial charge < -0.3 is 5.32 Å². The molecule has 0 saturated heterocycles. The molecule has 0 spiro atoms. The molecule has 1 nitrogen and oxygen atoms in total. The largest absolute Gasteiger partial charge is 0.385 e. The predicted octanol–water partition coefficient (Wildman–Crippen LogP) is 5.07. The Labute approximate surface area is 140 Å². The van der Waals surface area contributed by atoms with Gasteiger partial charge in [-0.1, -0.05) is 55.5 Å². The second-order valence-electron chi connectivity index (χ2n) is 6.67. The minimum absolute atomic E-state index is 0.682. The number of benzene rings is 2. The van der Waals surface area contributed by atoms with Crippen LogP contribution < -0.4 is 10.5 Å². The van der Waals surface area contributed by atoms with Gasteiger partial charge in [-0.25, -0.2) is 0 Å². The van der Waals surface area contributed by atoms with Gasteiger partial charge in [-0.15, -0.1) is 11.8 Å². The molecular formula is C19H27NSSi. The van der Waals surface area contributed by atoms with Crippen LogP contribution in [0.4, 0.5) is 5.69 Å². The number of anilines is 1. The molecule has 0 aliphatic carbocycles. The molecule has 118 valence electrons. The zero-order chi connectivity index (χ0) is 16.0. The van der Waals surface area contributed by atoms with Crippen LogP contribution in [0.5, 0.6) is 0 Å².